The predicted molar refractivity (Wildman–Crippen MR) is 68.2 cm³/mol. The van der Waals surface area contributed by atoms with Crippen molar-refractivity contribution in [2.45, 2.75) is 70.4 Å². The van der Waals surface area contributed by atoms with Crippen LogP contribution >= 0.6 is 0 Å². The minimum absolute atomic E-state index is 0.00884. The molecule has 4 heteroatoms. The van der Waals surface area contributed by atoms with Crippen LogP contribution in [0.3, 0.4) is 0 Å². The van der Waals surface area contributed by atoms with Gasteiger partial charge in [0, 0.05) is 6.61 Å². The molecule has 0 aliphatic carbocycles. The molecule has 0 radical (unpaired) electrons. The summed E-state index contributed by atoms with van der Waals surface area (Å²) in [6.07, 6.45) is 4.30. The zero-order chi connectivity index (χ0) is 13.2. The highest BCUT2D eigenvalue weighted by molar-refractivity contribution is 4.96. The van der Waals surface area contributed by atoms with Crippen LogP contribution in [0.5, 0.6) is 0 Å². The summed E-state index contributed by atoms with van der Waals surface area (Å²) in [5.74, 6) is -0.582. The molecule has 2 rings (SSSR count). The van der Waals surface area contributed by atoms with Gasteiger partial charge in [-0.1, -0.05) is 19.4 Å². The van der Waals surface area contributed by atoms with Crippen molar-refractivity contribution >= 4 is 0 Å². The summed E-state index contributed by atoms with van der Waals surface area (Å²) >= 11 is 0. The molecule has 18 heavy (non-hydrogen) atoms. The molecule has 4 nitrogen and oxygen atoms in total. The minimum atomic E-state index is -0.582. The first kappa shape index (κ1) is 14.0. The van der Waals surface area contributed by atoms with Gasteiger partial charge in [-0.2, -0.15) is 0 Å². The van der Waals surface area contributed by atoms with Crippen LogP contribution in [0, 0.1) is 0 Å². The number of ether oxygens (including phenoxy) is 4. The fraction of sp³-hybridized carbons (Fsp3) is 0.857. The molecular formula is C14H24O4. The Bertz CT molecular complexity index is 290. The van der Waals surface area contributed by atoms with Gasteiger partial charge in [0.25, 0.3) is 0 Å². The summed E-state index contributed by atoms with van der Waals surface area (Å²) in [4.78, 5) is 0. The van der Waals surface area contributed by atoms with Gasteiger partial charge in [-0.3, -0.25) is 0 Å². The standard InChI is InChI=1S/C14H24O4/c1-5-7-9-15-11-10(8-6-2)16-13-12(11)17-14(3,4)18-13/h6,10-13H,2,5,7-9H2,1,3-4H3/t10-,11+,12?,13?/m1/s1. The lowest BCUT2D eigenvalue weighted by Gasteiger charge is -2.25. The molecule has 2 aliphatic rings. The molecule has 2 fully saturated rings. The third kappa shape index (κ3) is 2.94. The van der Waals surface area contributed by atoms with Crippen LogP contribution in [0.15, 0.2) is 12.7 Å². The fourth-order valence-corrected chi connectivity index (χ4v) is 2.47. The fourth-order valence-electron chi connectivity index (χ4n) is 2.47. The summed E-state index contributed by atoms with van der Waals surface area (Å²) in [6, 6.07) is 0. The van der Waals surface area contributed by atoms with Crippen molar-refractivity contribution < 1.29 is 18.9 Å². The van der Waals surface area contributed by atoms with Gasteiger partial charge in [-0.05, 0) is 26.7 Å². The summed E-state index contributed by atoms with van der Waals surface area (Å²) in [5, 5.41) is 0. The number of hydrogen-bond donors (Lipinski definition) is 0. The van der Waals surface area contributed by atoms with E-state index in [0.717, 1.165) is 25.9 Å². The number of unbranched alkanes of at least 4 members (excludes halogenated alkanes) is 1. The van der Waals surface area contributed by atoms with E-state index in [-0.39, 0.29) is 24.6 Å². The summed E-state index contributed by atoms with van der Waals surface area (Å²) in [6.45, 7) is 10.5. The minimum Gasteiger partial charge on any atom is -0.373 e. The van der Waals surface area contributed by atoms with E-state index in [4.69, 9.17) is 18.9 Å². The molecule has 2 saturated heterocycles. The molecule has 0 aromatic heterocycles. The van der Waals surface area contributed by atoms with Crippen molar-refractivity contribution in [1.82, 2.24) is 0 Å². The average Bonchev–Trinajstić information content (AvgIpc) is 2.73. The topological polar surface area (TPSA) is 36.9 Å². The average molecular weight is 256 g/mol. The summed E-state index contributed by atoms with van der Waals surface area (Å²) in [7, 11) is 0. The lowest BCUT2D eigenvalue weighted by atomic mass is 10.1. The van der Waals surface area contributed by atoms with Gasteiger partial charge < -0.3 is 18.9 Å². The second kappa shape index (κ2) is 5.70. The smallest absolute Gasteiger partial charge is 0.190 e. The largest absolute Gasteiger partial charge is 0.373 e. The second-order valence-electron chi connectivity index (χ2n) is 5.36. The van der Waals surface area contributed by atoms with E-state index >= 15 is 0 Å². The first-order valence-corrected chi connectivity index (χ1v) is 6.81. The van der Waals surface area contributed by atoms with Gasteiger partial charge in [0.1, 0.15) is 12.2 Å². The van der Waals surface area contributed by atoms with Crippen LogP contribution in [-0.4, -0.2) is 37.0 Å². The maximum atomic E-state index is 5.94. The van der Waals surface area contributed by atoms with E-state index in [0.29, 0.717) is 0 Å². The molecule has 0 aromatic carbocycles. The van der Waals surface area contributed by atoms with Crippen molar-refractivity contribution in [1.29, 1.82) is 0 Å². The van der Waals surface area contributed by atoms with Gasteiger partial charge in [-0.15, -0.1) is 6.58 Å². The molecule has 2 aliphatic heterocycles. The Kier molecular flexibility index (Phi) is 4.43. The Balaban J connectivity index is 1.98. The highest BCUT2D eigenvalue weighted by atomic mass is 16.8. The van der Waals surface area contributed by atoms with E-state index in [9.17, 15) is 0 Å². The highest BCUT2D eigenvalue weighted by Crippen LogP contribution is 2.39. The van der Waals surface area contributed by atoms with Crippen LogP contribution in [0.25, 0.3) is 0 Å². The van der Waals surface area contributed by atoms with E-state index in [2.05, 4.69) is 13.5 Å². The van der Waals surface area contributed by atoms with Gasteiger partial charge in [0.05, 0.1) is 6.10 Å². The monoisotopic (exact) mass is 256 g/mol. The number of hydrogen-bond acceptors (Lipinski definition) is 4. The van der Waals surface area contributed by atoms with Crippen molar-refractivity contribution in [3.05, 3.63) is 12.7 Å². The predicted octanol–water partition coefficient (Wildman–Crippen LogP) is 2.62. The highest BCUT2D eigenvalue weighted by Gasteiger charge is 2.54. The molecule has 0 aromatic rings. The van der Waals surface area contributed by atoms with Crippen molar-refractivity contribution in [2.24, 2.45) is 0 Å². The van der Waals surface area contributed by atoms with Crippen LogP contribution in [-0.2, 0) is 18.9 Å². The van der Waals surface area contributed by atoms with Gasteiger partial charge in [0.2, 0.25) is 0 Å². The normalized spacial score (nSPS) is 37.7. The molecule has 0 spiro atoms. The Morgan fingerprint density at radius 2 is 2.11 bits per heavy atom. The molecule has 0 bridgehead atoms. The zero-order valence-corrected chi connectivity index (χ0v) is 11.6. The van der Waals surface area contributed by atoms with Crippen molar-refractivity contribution in [3.8, 4) is 0 Å². The molecule has 0 N–H and O–H groups in total. The molecular weight excluding hydrogens is 232 g/mol. The van der Waals surface area contributed by atoms with Crippen LogP contribution in [0.4, 0.5) is 0 Å². The third-order valence-corrected chi connectivity index (χ3v) is 3.29. The molecule has 2 unspecified atom stereocenters. The van der Waals surface area contributed by atoms with Gasteiger partial charge in [0.15, 0.2) is 12.1 Å². The lowest BCUT2D eigenvalue weighted by Crippen LogP contribution is -2.37. The van der Waals surface area contributed by atoms with E-state index in [1.807, 2.05) is 19.9 Å². The molecule has 2 heterocycles. The number of rotatable bonds is 6. The molecule has 0 amide bonds. The molecule has 0 saturated carbocycles. The third-order valence-electron chi connectivity index (χ3n) is 3.29. The molecule has 4 atom stereocenters. The summed E-state index contributed by atoms with van der Waals surface area (Å²) in [5.41, 5.74) is 0. The number of fused-ring (bicyclic) bond motifs is 1. The second-order valence-corrected chi connectivity index (χ2v) is 5.36. The first-order valence-electron chi connectivity index (χ1n) is 6.81. The van der Waals surface area contributed by atoms with E-state index in [1.165, 1.54) is 0 Å². The molecule has 104 valence electrons. The SMILES string of the molecule is C=CC[C@H]1OC2OC(C)(C)OC2[C@H]1OCCCC. The quantitative estimate of drug-likeness (QED) is 0.541. The maximum absolute atomic E-state index is 5.94. The zero-order valence-electron chi connectivity index (χ0n) is 11.6. The van der Waals surface area contributed by atoms with Crippen LogP contribution < -0.4 is 0 Å². The Labute approximate surface area is 109 Å². The Hall–Kier alpha value is -0.420. The van der Waals surface area contributed by atoms with E-state index in [1.54, 1.807) is 0 Å². The first-order chi connectivity index (χ1) is 8.57. The van der Waals surface area contributed by atoms with Gasteiger partial charge >= 0.3 is 0 Å². The Morgan fingerprint density at radius 3 is 2.78 bits per heavy atom. The lowest BCUT2D eigenvalue weighted by molar-refractivity contribution is -0.217. The van der Waals surface area contributed by atoms with Gasteiger partial charge in [-0.25, -0.2) is 0 Å². The van der Waals surface area contributed by atoms with Crippen LogP contribution in [0.1, 0.15) is 40.0 Å². The maximum Gasteiger partial charge on any atom is 0.190 e. The van der Waals surface area contributed by atoms with E-state index < -0.39 is 5.79 Å². The summed E-state index contributed by atoms with van der Waals surface area (Å²) < 4.78 is 23.4. The van der Waals surface area contributed by atoms with Crippen molar-refractivity contribution in [2.75, 3.05) is 6.61 Å². The Morgan fingerprint density at radius 1 is 1.33 bits per heavy atom. The van der Waals surface area contributed by atoms with Crippen molar-refractivity contribution in [3.63, 3.8) is 0 Å². The van der Waals surface area contributed by atoms with Crippen LogP contribution in [0.2, 0.25) is 0 Å².